The van der Waals surface area contributed by atoms with Crippen molar-refractivity contribution in [2.75, 3.05) is 36.9 Å². The van der Waals surface area contributed by atoms with Gasteiger partial charge >= 0.3 is 6.03 Å². The first-order chi connectivity index (χ1) is 12.1. The van der Waals surface area contributed by atoms with Gasteiger partial charge in [0.2, 0.25) is 5.91 Å². The van der Waals surface area contributed by atoms with E-state index in [1.165, 1.54) is 12.8 Å². The highest BCUT2D eigenvalue weighted by Gasteiger charge is 2.36. The maximum Gasteiger partial charge on any atom is 0.321 e. The van der Waals surface area contributed by atoms with Crippen LogP contribution in [0.5, 0.6) is 0 Å². The highest BCUT2D eigenvalue weighted by Crippen LogP contribution is 2.29. The van der Waals surface area contributed by atoms with Gasteiger partial charge in [0.25, 0.3) is 0 Å². The number of urea groups is 1. The van der Waals surface area contributed by atoms with Gasteiger partial charge in [-0.05, 0) is 57.0 Å². The van der Waals surface area contributed by atoms with E-state index in [0.717, 1.165) is 43.9 Å². The molecular weight excluding hydrogens is 316 g/mol. The van der Waals surface area contributed by atoms with Crippen molar-refractivity contribution >= 4 is 23.3 Å². The molecule has 3 aliphatic heterocycles. The quantitative estimate of drug-likeness (QED) is 0.898. The molecule has 0 aliphatic carbocycles. The third-order valence-electron chi connectivity index (χ3n) is 5.94. The van der Waals surface area contributed by atoms with Gasteiger partial charge in [0.15, 0.2) is 0 Å². The highest BCUT2D eigenvalue weighted by molar-refractivity contribution is 5.96. The predicted octanol–water partition coefficient (Wildman–Crippen LogP) is 2.51. The number of likely N-dealkylation sites (tertiary alicyclic amines) is 1. The topological polar surface area (TPSA) is 55.9 Å². The van der Waals surface area contributed by atoms with Crippen LogP contribution >= 0.6 is 0 Å². The molecule has 2 atom stereocenters. The van der Waals surface area contributed by atoms with Crippen LogP contribution in [0.3, 0.4) is 0 Å². The SMILES string of the molecule is CN1C2CCC1CN(C(=O)Nc1ccc(N3CCCC3=O)cc1)CC2. The van der Waals surface area contributed by atoms with Crippen molar-refractivity contribution in [2.45, 2.75) is 44.2 Å². The molecule has 3 amide bonds. The van der Waals surface area contributed by atoms with E-state index in [1.54, 1.807) is 0 Å². The summed E-state index contributed by atoms with van der Waals surface area (Å²) >= 11 is 0. The number of nitrogens with one attached hydrogen (secondary N) is 1. The molecule has 4 rings (SSSR count). The summed E-state index contributed by atoms with van der Waals surface area (Å²) in [4.78, 5) is 30.6. The van der Waals surface area contributed by atoms with Crippen LogP contribution in [0.2, 0.25) is 0 Å². The lowest BCUT2D eigenvalue weighted by Crippen LogP contribution is -2.41. The van der Waals surface area contributed by atoms with Crippen molar-refractivity contribution in [3.05, 3.63) is 24.3 Å². The molecule has 3 aliphatic rings. The standard InChI is InChI=1S/C19H26N4O2/c1-21-15-8-9-17(21)13-22(12-10-15)19(25)20-14-4-6-16(7-5-14)23-11-2-3-18(23)24/h4-7,15,17H,2-3,8-13H2,1H3,(H,20,25). The maximum absolute atomic E-state index is 12.6. The summed E-state index contributed by atoms with van der Waals surface area (Å²) in [6.45, 7) is 2.41. The third-order valence-corrected chi connectivity index (χ3v) is 5.94. The molecule has 134 valence electrons. The maximum atomic E-state index is 12.6. The number of carbonyl (C=O) groups excluding carboxylic acids is 2. The van der Waals surface area contributed by atoms with Crippen LogP contribution in [0.25, 0.3) is 0 Å². The predicted molar refractivity (Wildman–Crippen MR) is 97.8 cm³/mol. The number of carbonyl (C=O) groups is 2. The summed E-state index contributed by atoms with van der Waals surface area (Å²) in [6, 6.07) is 8.69. The van der Waals surface area contributed by atoms with E-state index in [-0.39, 0.29) is 11.9 Å². The molecule has 2 unspecified atom stereocenters. The molecule has 3 fully saturated rings. The summed E-state index contributed by atoms with van der Waals surface area (Å²) in [5.74, 6) is 0.181. The van der Waals surface area contributed by atoms with E-state index in [9.17, 15) is 9.59 Å². The lowest BCUT2D eigenvalue weighted by molar-refractivity contribution is -0.117. The van der Waals surface area contributed by atoms with Gasteiger partial charge in [-0.15, -0.1) is 0 Å². The second kappa shape index (κ2) is 6.67. The van der Waals surface area contributed by atoms with E-state index in [1.807, 2.05) is 34.1 Å². The van der Waals surface area contributed by atoms with Gasteiger partial charge in [-0.2, -0.15) is 0 Å². The summed E-state index contributed by atoms with van der Waals surface area (Å²) in [5, 5.41) is 3.01. The summed E-state index contributed by atoms with van der Waals surface area (Å²) < 4.78 is 0. The van der Waals surface area contributed by atoms with E-state index in [4.69, 9.17) is 0 Å². The molecule has 1 aromatic rings. The van der Waals surface area contributed by atoms with E-state index in [0.29, 0.717) is 18.5 Å². The van der Waals surface area contributed by atoms with Crippen LogP contribution in [-0.2, 0) is 4.79 Å². The Bertz CT molecular complexity index is 660. The van der Waals surface area contributed by atoms with Crippen LogP contribution in [0.4, 0.5) is 16.2 Å². The fraction of sp³-hybridized carbons (Fsp3) is 0.579. The summed E-state index contributed by atoms with van der Waals surface area (Å²) in [6.07, 6.45) is 5.04. The minimum Gasteiger partial charge on any atom is -0.323 e. The molecule has 0 saturated carbocycles. The first-order valence-electron chi connectivity index (χ1n) is 9.30. The number of rotatable bonds is 2. The Labute approximate surface area is 148 Å². The molecule has 2 bridgehead atoms. The van der Waals surface area contributed by atoms with Crippen molar-refractivity contribution in [3.8, 4) is 0 Å². The van der Waals surface area contributed by atoms with Crippen molar-refractivity contribution < 1.29 is 9.59 Å². The highest BCUT2D eigenvalue weighted by atomic mass is 16.2. The second-order valence-corrected chi connectivity index (χ2v) is 7.41. The van der Waals surface area contributed by atoms with Gasteiger partial charge in [-0.1, -0.05) is 0 Å². The Kier molecular flexibility index (Phi) is 4.37. The first-order valence-corrected chi connectivity index (χ1v) is 9.30. The molecule has 6 nitrogen and oxygen atoms in total. The summed E-state index contributed by atoms with van der Waals surface area (Å²) in [5.41, 5.74) is 1.69. The largest absolute Gasteiger partial charge is 0.323 e. The molecule has 0 aromatic heterocycles. The van der Waals surface area contributed by atoms with Crippen molar-refractivity contribution in [1.29, 1.82) is 0 Å². The Morgan fingerprint density at radius 3 is 2.56 bits per heavy atom. The average molecular weight is 342 g/mol. The Balaban J connectivity index is 1.38. The fourth-order valence-corrected chi connectivity index (χ4v) is 4.34. The van der Waals surface area contributed by atoms with Gasteiger partial charge < -0.3 is 15.1 Å². The van der Waals surface area contributed by atoms with Crippen molar-refractivity contribution in [3.63, 3.8) is 0 Å². The van der Waals surface area contributed by atoms with Crippen LogP contribution in [0.1, 0.15) is 32.1 Å². The van der Waals surface area contributed by atoms with Crippen molar-refractivity contribution in [2.24, 2.45) is 0 Å². The third kappa shape index (κ3) is 3.23. The number of likely N-dealkylation sites (N-methyl/N-ethyl adjacent to an activating group) is 1. The Morgan fingerprint density at radius 1 is 1.08 bits per heavy atom. The molecular formula is C19H26N4O2. The molecule has 6 heteroatoms. The minimum absolute atomic E-state index is 0.0223. The average Bonchev–Trinajstić information content (AvgIpc) is 3.11. The fourth-order valence-electron chi connectivity index (χ4n) is 4.34. The number of benzene rings is 1. The Morgan fingerprint density at radius 2 is 1.84 bits per heavy atom. The number of amides is 3. The van der Waals surface area contributed by atoms with E-state index < -0.39 is 0 Å². The van der Waals surface area contributed by atoms with Crippen LogP contribution in [0, 0.1) is 0 Å². The molecule has 0 spiro atoms. The molecule has 3 saturated heterocycles. The Hall–Kier alpha value is -2.08. The van der Waals surface area contributed by atoms with Gasteiger partial charge in [0.1, 0.15) is 0 Å². The van der Waals surface area contributed by atoms with Gasteiger partial charge in [0.05, 0.1) is 0 Å². The van der Waals surface area contributed by atoms with E-state index in [2.05, 4.69) is 17.3 Å². The number of anilines is 2. The monoisotopic (exact) mass is 342 g/mol. The lowest BCUT2D eigenvalue weighted by atomic mass is 10.1. The molecule has 3 heterocycles. The van der Waals surface area contributed by atoms with Gasteiger partial charge in [0, 0.05) is 49.5 Å². The van der Waals surface area contributed by atoms with Crippen LogP contribution < -0.4 is 10.2 Å². The van der Waals surface area contributed by atoms with Crippen molar-refractivity contribution in [1.82, 2.24) is 9.80 Å². The summed E-state index contributed by atoms with van der Waals surface area (Å²) in [7, 11) is 2.18. The van der Waals surface area contributed by atoms with Crippen LogP contribution in [-0.4, -0.2) is 60.5 Å². The smallest absolute Gasteiger partial charge is 0.321 e. The molecule has 25 heavy (non-hydrogen) atoms. The first kappa shape index (κ1) is 16.4. The zero-order chi connectivity index (χ0) is 17.4. The zero-order valence-corrected chi connectivity index (χ0v) is 14.8. The zero-order valence-electron chi connectivity index (χ0n) is 14.8. The molecule has 1 aromatic carbocycles. The van der Waals surface area contributed by atoms with Gasteiger partial charge in [-0.3, -0.25) is 9.69 Å². The van der Waals surface area contributed by atoms with E-state index >= 15 is 0 Å². The normalized spacial score (nSPS) is 26.8. The molecule has 0 radical (unpaired) electrons. The lowest BCUT2D eigenvalue weighted by Gasteiger charge is -2.26. The second-order valence-electron chi connectivity index (χ2n) is 7.41. The number of nitrogens with zero attached hydrogens (tertiary/aromatic N) is 3. The van der Waals surface area contributed by atoms with Gasteiger partial charge in [-0.25, -0.2) is 4.79 Å². The number of hydrogen-bond acceptors (Lipinski definition) is 3. The number of fused-ring (bicyclic) bond motifs is 2. The molecule has 1 N–H and O–H groups in total. The number of hydrogen-bond donors (Lipinski definition) is 1. The minimum atomic E-state index is -0.0223. The van der Waals surface area contributed by atoms with Crippen LogP contribution in [0.15, 0.2) is 24.3 Å².